The smallest absolute Gasteiger partial charge is 0.0346 e. The maximum absolute atomic E-state index is 4.14. The molecule has 0 fully saturated rings. The molecular formula is C18H18N2. The van der Waals surface area contributed by atoms with Crippen LogP contribution in [0.2, 0.25) is 0 Å². The molecule has 1 heterocycles. The SMILES string of the molecule is Cc1cccc(CNCc2ccc3cnccc3c2)c1. The molecule has 0 saturated heterocycles. The van der Waals surface area contributed by atoms with Crippen molar-refractivity contribution in [2.24, 2.45) is 0 Å². The Morgan fingerprint density at radius 3 is 2.60 bits per heavy atom. The fourth-order valence-electron chi connectivity index (χ4n) is 2.42. The average molecular weight is 262 g/mol. The monoisotopic (exact) mass is 262 g/mol. The van der Waals surface area contributed by atoms with E-state index < -0.39 is 0 Å². The van der Waals surface area contributed by atoms with Crippen molar-refractivity contribution in [3.63, 3.8) is 0 Å². The van der Waals surface area contributed by atoms with Crippen LogP contribution in [0, 0.1) is 6.92 Å². The van der Waals surface area contributed by atoms with Crippen LogP contribution in [-0.2, 0) is 13.1 Å². The second-order valence-corrected chi connectivity index (χ2v) is 5.15. The highest BCUT2D eigenvalue weighted by Gasteiger charge is 1.97. The van der Waals surface area contributed by atoms with E-state index >= 15 is 0 Å². The van der Waals surface area contributed by atoms with E-state index in [1.54, 1.807) is 0 Å². The summed E-state index contributed by atoms with van der Waals surface area (Å²) >= 11 is 0. The Hall–Kier alpha value is -2.19. The number of rotatable bonds is 4. The van der Waals surface area contributed by atoms with E-state index in [-0.39, 0.29) is 0 Å². The molecule has 0 aliphatic rings. The van der Waals surface area contributed by atoms with E-state index in [2.05, 4.69) is 65.8 Å². The minimum Gasteiger partial charge on any atom is -0.309 e. The van der Waals surface area contributed by atoms with Crippen molar-refractivity contribution in [3.05, 3.63) is 77.6 Å². The molecule has 0 aliphatic carbocycles. The predicted molar refractivity (Wildman–Crippen MR) is 83.5 cm³/mol. The normalized spacial score (nSPS) is 10.8. The molecule has 0 radical (unpaired) electrons. The van der Waals surface area contributed by atoms with Gasteiger partial charge in [0, 0.05) is 30.9 Å². The summed E-state index contributed by atoms with van der Waals surface area (Å²) in [6.45, 7) is 3.91. The van der Waals surface area contributed by atoms with E-state index in [4.69, 9.17) is 0 Å². The van der Waals surface area contributed by atoms with Gasteiger partial charge in [-0.1, -0.05) is 42.0 Å². The van der Waals surface area contributed by atoms with Gasteiger partial charge < -0.3 is 5.32 Å². The molecule has 0 bridgehead atoms. The molecule has 2 aromatic carbocycles. The van der Waals surface area contributed by atoms with Crippen LogP contribution in [0.1, 0.15) is 16.7 Å². The third-order valence-electron chi connectivity index (χ3n) is 3.45. The van der Waals surface area contributed by atoms with Gasteiger partial charge in [-0.15, -0.1) is 0 Å². The third kappa shape index (κ3) is 3.03. The number of nitrogens with zero attached hydrogens (tertiary/aromatic N) is 1. The Bertz CT molecular complexity index is 719. The third-order valence-corrected chi connectivity index (χ3v) is 3.45. The maximum atomic E-state index is 4.14. The minimum absolute atomic E-state index is 0.881. The van der Waals surface area contributed by atoms with Gasteiger partial charge in [0.05, 0.1) is 0 Å². The Morgan fingerprint density at radius 1 is 0.900 bits per heavy atom. The van der Waals surface area contributed by atoms with Crippen molar-refractivity contribution < 1.29 is 0 Å². The number of pyridine rings is 1. The van der Waals surface area contributed by atoms with Crippen LogP contribution in [0.3, 0.4) is 0 Å². The summed E-state index contributed by atoms with van der Waals surface area (Å²) in [5.41, 5.74) is 3.94. The molecule has 2 nitrogen and oxygen atoms in total. The first-order valence-electron chi connectivity index (χ1n) is 6.90. The second-order valence-electron chi connectivity index (χ2n) is 5.15. The molecule has 3 aromatic rings. The summed E-state index contributed by atoms with van der Waals surface area (Å²) in [4.78, 5) is 4.14. The Balaban J connectivity index is 1.65. The van der Waals surface area contributed by atoms with E-state index in [1.807, 2.05) is 12.4 Å². The molecule has 1 N–H and O–H groups in total. The average Bonchev–Trinajstić information content (AvgIpc) is 2.47. The summed E-state index contributed by atoms with van der Waals surface area (Å²) in [6, 6.07) is 17.2. The van der Waals surface area contributed by atoms with Crippen LogP contribution >= 0.6 is 0 Å². The molecule has 100 valence electrons. The summed E-state index contributed by atoms with van der Waals surface area (Å²) in [5, 5.41) is 5.93. The zero-order chi connectivity index (χ0) is 13.8. The number of aryl methyl sites for hydroxylation is 1. The lowest BCUT2D eigenvalue weighted by atomic mass is 10.1. The highest BCUT2D eigenvalue weighted by molar-refractivity contribution is 5.81. The van der Waals surface area contributed by atoms with Gasteiger partial charge in [-0.05, 0) is 35.6 Å². The summed E-state index contributed by atoms with van der Waals surface area (Å²) in [6.07, 6.45) is 3.74. The number of hydrogen-bond donors (Lipinski definition) is 1. The molecule has 2 heteroatoms. The molecule has 20 heavy (non-hydrogen) atoms. The van der Waals surface area contributed by atoms with Crippen molar-refractivity contribution in [3.8, 4) is 0 Å². The minimum atomic E-state index is 0.881. The standard InChI is InChI=1S/C18H18N2/c1-14-3-2-4-15(9-14)11-20-12-16-5-6-18-13-19-8-7-17(18)10-16/h2-10,13,20H,11-12H2,1H3. The summed E-state index contributed by atoms with van der Waals surface area (Å²) in [7, 11) is 0. The van der Waals surface area contributed by atoms with Crippen LogP contribution < -0.4 is 5.32 Å². The lowest BCUT2D eigenvalue weighted by Gasteiger charge is -2.07. The Kier molecular flexibility index (Phi) is 3.75. The number of aromatic nitrogens is 1. The van der Waals surface area contributed by atoms with Crippen molar-refractivity contribution in [1.82, 2.24) is 10.3 Å². The van der Waals surface area contributed by atoms with Gasteiger partial charge in [0.15, 0.2) is 0 Å². The number of benzene rings is 2. The van der Waals surface area contributed by atoms with Crippen LogP contribution in [-0.4, -0.2) is 4.98 Å². The lowest BCUT2D eigenvalue weighted by Crippen LogP contribution is -2.12. The lowest BCUT2D eigenvalue weighted by molar-refractivity contribution is 0.693. The number of fused-ring (bicyclic) bond motifs is 1. The molecule has 0 unspecified atom stereocenters. The topological polar surface area (TPSA) is 24.9 Å². The largest absolute Gasteiger partial charge is 0.309 e. The molecule has 0 aliphatic heterocycles. The fourth-order valence-corrected chi connectivity index (χ4v) is 2.42. The van der Waals surface area contributed by atoms with Crippen molar-refractivity contribution in [2.45, 2.75) is 20.0 Å². The van der Waals surface area contributed by atoms with Gasteiger partial charge in [-0.2, -0.15) is 0 Å². The summed E-state index contributed by atoms with van der Waals surface area (Å²) in [5.74, 6) is 0. The molecule has 0 atom stereocenters. The zero-order valence-electron chi connectivity index (χ0n) is 11.6. The number of nitrogens with one attached hydrogen (secondary N) is 1. The molecular weight excluding hydrogens is 244 g/mol. The van der Waals surface area contributed by atoms with Gasteiger partial charge in [-0.25, -0.2) is 0 Å². The van der Waals surface area contributed by atoms with Gasteiger partial charge in [0.1, 0.15) is 0 Å². The predicted octanol–water partition coefficient (Wildman–Crippen LogP) is 3.83. The van der Waals surface area contributed by atoms with Crippen LogP contribution in [0.4, 0.5) is 0 Å². The molecule has 0 saturated carbocycles. The first-order chi connectivity index (χ1) is 9.81. The highest BCUT2D eigenvalue weighted by Crippen LogP contribution is 2.14. The van der Waals surface area contributed by atoms with Crippen molar-refractivity contribution in [1.29, 1.82) is 0 Å². The van der Waals surface area contributed by atoms with E-state index in [0.717, 1.165) is 13.1 Å². The van der Waals surface area contributed by atoms with Gasteiger partial charge >= 0.3 is 0 Å². The molecule has 0 amide bonds. The van der Waals surface area contributed by atoms with E-state index in [0.29, 0.717) is 0 Å². The molecule has 3 rings (SSSR count). The van der Waals surface area contributed by atoms with Crippen LogP contribution in [0.15, 0.2) is 60.9 Å². The highest BCUT2D eigenvalue weighted by atomic mass is 14.8. The van der Waals surface area contributed by atoms with Crippen LogP contribution in [0.25, 0.3) is 10.8 Å². The van der Waals surface area contributed by atoms with E-state index in [1.165, 1.54) is 27.5 Å². The van der Waals surface area contributed by atoms with Gasteiger partial charge in [-0.3, -0.25) is 4.98 Å². The zero-order valence-corrected chi connectivity index (χ0v) is 11.6. The maximum Gasteiger partial charge on any atom is 0.0346 e. The quantitative estimate of drug-likeness (QED) is 0.773. The molecule has 0 spiro atoms. The number of hydrogen-bond acceptors (Lipinski definition) is 2. The first kappa shape index (κ1) is 12.8. The Labute approximate surface area is 119 Å². The first-order valence-corrected chi connectivity index (χ1v) is 6.90. The van der Waals surface area contributed by atoms with Gasteiger partial charge in [0.2, 0.25) is 0 Å². The van der Waals surface area contributed by atoms with E-state index in [9.17, 15) is 0 Å². The summed E-state index contributed by atoms with van der Waals surface area (Å²) < 4.78 is 0. The Morgan fingerprint density at radius 2 is 1.75 bits per heavy atom. The second kappa shape index (κ2) is 5.85. The molecule has 1 aromatic heterocycles. The van der Waals surface area contributed by atoms with Gasteiger partial charge in [0.25, 0.3) is 0 Å². The van der Waals surface area contributed by atoms with Crippen LogP contribution in [0.5, 0.6) is 0 Å². The fraction of sp³-hybridized carbons (Fsp3) is 0.167. The van der Waals surface area contributed by atoms with Crippen molar-refractivity contribution in [2.75, 3.05) is 0 Å². The van der Waals surface area contributed by atoms with Crippen molar-refractivity contribution >= 4 is 10.8 Å².